The van der Waals surface area contributed by atoms with Gasteiger partial charge in [-0.25, -0.2) is 0 Å². The zero-order chi connectivity index (χ0) is 14.0. The molecule has 0 atom stereocenters. The Hall–Kier alpha value is -0.380. The number of alkyl halides is 3. The van der Waals surface area contributed by atoms with Crippen molar-refractivity contribution in [3.8, 4) is 0 Å². The van der Waals surface area contributed by atoms with Gasteiger partial charge >= 0.3 is 6.18 Å². The topological polar surface area (TPSA) is 75.4 Å². The molecule has 0 aliphatic carbocycles. The zero-order valence-electron chi connectivity index (χ0n) is 10.1. The SMILES string of the molecule is CC1(CN)CCN(S(=O)(=O)NCC(F)(F)F)CC1. The van der Waals surface area contributed by atoms with Crippen LogP contribution in [0.15, 0.2) is 0 Å². The Kier molecular flexibility index (Phi) is 4.63. The predicted molar refractivity (Wildman–Crippen MR) is 60.9 cm³/mol. The first-order chi connectivity index (χ1) is 8.08. The Balaban J connectivity index is 2.56. The molecule has 0 amide bonds. The quantitative estimate of drug-likeness (QED) is 0.789. The van der Waals surface area contributed by atoms with Gasteiger partial charge in [0.15, 0.2) is 0 Å². The molecule has 18 heavy (non-hydrogen) atoms. The van der Waals surface area contributed by atoms with E-state index in [4.69, 9.17) is 5.73 Å². The number of nitrogens with zero attached hydrogens (tertiary/aromatic N) is 1. The lowest BCUT2D eigenvalue weighted by molar-refractivity contribution is -0.121. The number of piperidine rings is 1. The Bertz CT molecular complexity index is 375. The molecule has 1 aliphatic heterocycles. The van der Waals surface area contributed by atoms with E-state index < -0.39 is 22.9 Å². The minimum atomic E-state index is -4.55. The van der Waals surface area contributed by atoms with Crippen molar-refractivity contribution in [2.45, 2.75) is 25.9 Å². The van der Waals surface area contributed by atoms with Crippen LogP contribution in [0.3, 0.4) is 0 Å². The lowest BCUT2D eigenvalue weighted by atomic mass is 9.81. The van der Waals surface area contributed by atoms with Crippen LogP contribution in [-0.4, -0.2) is 45.1 Å². The fraction of sp³-hybridized carbons (Fsp3) is 1.00. The molecule has 5 nitrogen and oxygen atoms in total. The molecule has 0 bridgehead atoms. The van der Waals surface area contributed by atoms with Gasteiger partial charge in [-0.15, -0.1) is 0 Å². The fourth-order valence-electron chi connectivity index (χ4n) is 1.73. The summed E-state index contributed by atoms with van der Waals surface area (Å²) in [6.45, 7) is 1.23. The van der Waals surface area contributed by atoms with E-state index in [1.54, 1.807) is 4.72 Å². The van der Waals surface area contributed by atoms with Gasteiger partial charge < -0.3 is 5.73 Å². The normalized spacial score (nSPS) is 22.1. The van der Waals surface area contributed by atoms with Gasteiger partial charge in [-0.2, -0.15) is 30.6 Å². The highest BCUT2D eigenvalue weighted by molar-refractivity contribution is 7.87. The number of hydrogen-bond donors (Lipinski definition) is 2. The average molecular weight is 289 g/mol. The van der Waals surface area contributed by atoms with Crippen LogP contribution in [0.2, 0.25) is 0 Å². The molecule has 0 aromatic heterocycles. The van der Waals surface area contributed by atoms with Gasteiger partial charge in [0.2, 0.25) is 0 Å². The molecule has 1 saturated heterocycles. The molecule has 0 radical (unpaired) electrons. The van der Waals surface area contributed by atoms with Gasteiger partial charge in [-0.3, -0.25) is 0 Å². The molecular formula is C9H18F3N3O2S. The second-order valence-electron chi connectivity index (χ2n) is 4.86. The lowest BCUT2D eigenvalue weighted by Gasteiger charge is -2.37. The largest absolute Gasteiger partial charge is 0.402 e. The van der Waals surface area contributed by atoms with E-state index in [-0.39, 0.29) is 18.5 Å². The molecule has 1 fully saturated rings. The highest BCUT2D eigenvalue weighted by Crippen LogP contribution is 2.30. The number of nitrogens with one attached hydrogen (secondary N) is 1. The van der Waals surface area contributed by atoms with Gasteiger partial charge in [0.05, 0.1) is 0 Å². The maximum atomic E-state index is 12.0. The number of rotatable bonds is 4. The molecule has 0 spiro atoms. The van der Waals surface area contributed by atoms with Crippen LogP contribution in [0.4, 0.5) is 13.2 Å². The number of hydrogen-bond acceptors (Lipinski definition) is 3. The molecular weight excluding hydrogens is 271 g/mol. The van der Waals surface area contributed by atoms with E-state index in [2.05, 4.69) is 0 Å². The van der Waals surface area contributed by atoms with E-state index in [1.807, 2.05) is 6.92 Å². The van der Waals surface area contributed by atoms with Crippen LogP contribution in [0.25, 0.3) is 0 Å². The molecule has 0 aromatic carbocycles. The van der Waals surface area contributed by atoms with Crippen LogP contribution < -0.4 is 10.5 Å². The Morgan fingerprint density at radius 1 is 1.33 bits per heavy atom. The average Bonchev–Trinajstić information content (AvgIpc) is 2.26. The smallest absolute Gasteiger partial charge is 0.330 e. The number of nitrogens with two attached hydrogens (primary N) is 1. The highest BCUT2D eigenvalue weighted by Gasteiger charge is 2.36. The van der Waals surface area contributed by atoms with Gasteiger partial charge in [0, 0.05) is 13.1 Å². The summed E-state index contributed by atoms with van der Waals surface area (Å²) < 4.78 is 61.7. The van der Waals surface area contributed by atoms with Crippen molar-refractivity contribution < 1.29 is 21.6 Å². The maximum absolute atomic E-state index is 12.0. The second kappa shape index (κ2) is 5.32. The fourth-order valence-corrected chi connectivity index (χ4v) is 2.93. The van der Waals surface area contributed by atoms with Crippen LogP contribution in [0, 0.1) is 5.41 Å². The van der Waals surface area contributed by atoms with Crippen molar-refractivity contribution in [2.24, 2.45) is 11.1 Å². The summed E-state index contributed by atoms with van der Waals surface area (Å²) in [5.41, 5.74) is 5.45. The summed E-state index contributed by atoms with van der Waals surface area (Å²) in [7, 11) is -4.05. The Labute approximate surface area is 105 Å². The lowest BCUT2D eigenvalue weighted by Crippen LogP contribution is -2.50. The van der Waals surface area contributed by atoms with E-state index in [1.165, 1.54) is 0 Å². The van der Waals surface area contributed by atoms with Crippen molar-refractivity contribution in [1.82, 2.24) is 9.03 Å². The van der Waals surface area contributed by atoms with Crippen LogP contribution in [0.1, 0.15) is 19.8 Å². The summed E-state index contributed by atoms with van der Waals surface area (Å²) in [6, 6.07) is 0. The molecule has 1 heterocycles. The summed E-state index contributed by atoms with van der Waals surface area (Å²) >= 11 is 0. The Morgan fingerprint density at radius 2 is 1.83 bits per heavy atom. The summed E-state index contributed by atoms with van der Waals surface area (Å²) in [6.07, 6.45) is -3.44. The minimum absolute atomic E-state index is 0.129. The molecule has 3 N–H and O–H groups in total. The molecule has 1 rings (SSSR count). The first-order valence-corrected chi connectivity index (χ1v) is 7.04. The monoisotopic (exact) mass is 289 g/mol. The van der Waals surface area contributed by atoms with E-state index >= 15 is 0 Å². The van der Waals surface area contributed by atoms with Crippen molar-refractivity contribution in [3.63, 3.8) is 0 Å². The minimum Gasteiger partial charge on any atom is -0.330 e. The first kappa shape index (κ1) is 15.7. The summed E-state index contributed by atoms with van der Waals surface area (Å²) in [5, 5.41) is 0. The molecule has 9 heteroatoms. The van der Waals surface area contributed by atoms with Crippen LogP contribution in [0.5, 0.6) is 0 Å². The highest BCUT2D eigenvalue weighted by atomic mass is 32.2. The van der Waals surface area contributed by atoms with E-state index in [9.17, 15) is 21.6 Å². The third kappa shape index (κ3) is 4.38. The molecule has 0 aromatic rings. The van der Waals surface area contributed by atoms with Crippen LogP contribution in [-0.2, 0) is 10.2 Å². The van der Waals surface area contributed by atoms with E-state index in [0.29, 0.717) is 19.4 Å². The van der Waals surface area contributed by atoms with Crippen molar-refractivity contribution in [1.29, 1.82) is 0 Å². The van der Waals surface area contributed by atoms with Gasteiger partial charge in [0.1, 0.15) is 6.54 Å². The first-order valence-electron chi connectivity index (χ1n) is 5.60. The number of halogens is 3. The summed E-state index contributed by atoms with van der Waals surface area (Å²) in [4.78, 5) is 0. The van der Waals surface area contributed by atoms with Crippen molar-refractivity contribution in [2.75, 3.05) is 26.2 Å². The molecule has 0 unspecified atom stereocenters. The van der Waals surface area contributed by atoms with Crippen LogP contribution >= 0.6 is 0 Å². The maximum Gasteiger partial charge on any atom is 0.402 e. The van der Waals surface area contributed by atoms with Crippen molar-refractivity contribution >= 4 is 10.2 Å². The standard InChI is InChI=1S/C9H18F3N3O2S/c1-8(6-13)2-4-15(5-3-8)18(16,17)14-7-9(10,11)12/h14H,2-7,13H2,1H3. The third-order valence-corrected chi connectivity index (χ3v) is 4.77. The van der Waals surface area contributed by atoms with E-state index in [0.717, 1.165) is 4.31 Å². The second-order valence-corrected chi connectivity index (χ2v) is 6.61. The third-order valence-electron chi connectivity index (χ3n) is 3.22. The molecule has 0 saturated carbocycles. The molecule has 1 aliphatic rings. The van der Waals surface area contributed by atoms with Crippen molar-refractivity contribution in [3.05, 3.63) is 0 Å². The molecule has 108 valence electrons. The summed E-state index contributed by atoms with van der Waals surface area (Å²) in [5.74, 6) is 0. The Morgan fingerprint density at radius 3 is 2.22 bits per heavy atom. The van der Waals surface area contributed by atoms with Gasteiger partial charge in [0.25, 0.3) is 10.2 Å². The predicted octanol–water partition coefficient (Wildman–Crippen LogP) is 0.444. The van der Waals surface area contributed by atoms with Gasteiger partial charge in [-0.05, 0) is 24.8 Å². The van der Waals surface area contributed by atoms with Gasteiger partial charge in [-0.1, -0.05) is 6.92 Å². The zero-order valence-corrected chi connectivity index (χ0v) is 10.9.